The Morgan fingerprint density at radius 2 is 1.73 bits per heavy atom. The fraction of sp³-hybridized carbons (Fsp3) is 0.200. The highest BCUT2D eigenvalue weighted by atomic mass is 16.2. The minimum Gasteiger partial charge on any atom is -0.298 e. The van der Waals surface area contributed by atoms with Gasteiger partial charge in [-0.25, -0.2) is 0 Å². The van der Waals surface area contributed by atoms with E-state index in [-0.39, 0.29) is 11.6 Å². The van der Waals surface area contributed by atoms with E-state index in [0.717, 1.165) is 11.1 Å². The summed E-state index contributed by atoms with van der Waals surface area (Å²) in [5.41, 5.74) is 1.25. The van der Waals surface area contributed by atoms with Gasteiger partial charge in [0.1, 0.15) is 0 Å². The number of fused-ring (bicyclic) bond motifs is 1. The highest BCUT2D eigenvalue weighted by Gasteiger charge is 2.45. The third kappa shape index (κ3) is 2.35. The van der Waals surface area contributed by atoms with Crippen LogP contribution in [0, 0.1) is 17.3 Å². The van der Waals surface area contributed by atoms with Crippen molar-refractivity contribution in [3.05, 3.63) is 71.3 Å². The lowest BCUT2D eigenvalue weighted by atomic mass is 9.68. The minimum atomic E-state index is -1.20. The molecule has 1 atom stereocenters. The second kappa shape index (κ2) is 5.61. The van der Waals surface area contributed by atoms with E-state index in [1.54, 1.807) is 6.07 Å². The molecule has 2 heteroatoms. The molecular weight excluding hydrogens is 272 g/mol. The minimum absolute atomic E-state index is 0.162. The number of aryl methyl sites for hydroxylation is 1. The molecule has 1 unspecified atom stereocenters. The lowest BCUT2D eigenvalue weighted by molar-refractivity contribution is -0.122. The van der Waals surface area contributed by atoms with Crippen LogP contribution in [-0.2, 0) is 11.2 Å². The van der Waals surface area contributed by atoms with Gasteiger partial charge in [0.2, 0.25) is 0 Å². The number of Topliss-reactive ketones (excluding diaryl/α,β-unsaturated/α-hetero) is 2. The number of benzene rings is 2. The van der Waals surface area contributed by atoms with Crippen molar-refractivity contribution in [1.82, 2.24) is 0 Å². The van der Waals surface area contributed by atoms with Gasteiger partial charge in [-0.3, -0.25) is 9.59 Å². The molecule has 1 aliphatic carbocycles. The molecule has 0 amide bonds. The van der Waals surface area contributed by atoms with Crippen molar-refractivity contribution < 1.29 is 9.59 Å². The Balaban J connectivity index is 2.07. The molecule has 0 saturated heterocycles. The molecule has 22 heavy (non-hydrogen) atoms. The molecule has 0 saturated carbocycles. The summed E-state index contributed by atoms with van der Waals surface area (Å²) < 4.78 is 0. The van der Waals surface area contributed by atoms with Crippen LogP contribution in [0.2, 0.25) is 0 Å². The largest absolute Gasteiger partial charge is 0.298 e. The summed E-state index contributed by atoms with van der Waals surface area (Å²) in [6, 6.07) is 16.9. The van der Waals surface area contributed by atoms with E-state index in [1.807, 2.05) is 48.5 Å². The highest BCUT2D eigenvalue weighted by Crippen LogP contribution is 2.36. The van der Waals surface area contributed by atoms with Crippen molar-refractivity contribution in [3.8, 4) is 11.8 Å². The number of carbonyl (C=O) groups is 2. The van der Waals surface area contributed by atoms with Gasteiger partial charge in [-0.15, -0.1) is 0 Å². The summed E-state index contributed by atoms with van der Waals surface area (Å²) >= 11 is 0. The summed E-state index contributed by atoms with van der Waals surface area (Å²) in [5.74, 6) is 5.67. The third-order valence-electron chi connectivity index (χ3n) is 4.21. The van der Waals surface area contributed by atoms with E-state index in [2.05, 4.69) is 11.8 Å². The Kier molecular flexibility index (Phi) is 3.65. The predicted molar refractivity (Wildman–Crippen MR) is 85.5 cm³/mol. The second-order valence-corrected chi connectivity index (χ2v) is 5.56. The van der Waals surface area contributed by atoms with Crippen LogP contribution in [0.5, 0.6) is 0 Å². The summed E-state index contributed by atoms with van der Waals surface area (Å²) in [7, 11) is 0. The number of carbonyl (C=O) groups excluding carboxylic acids is 2. The van der Waals surface area contributed by atoms with Gasteiger partial charge in [0.25, 0.3) is 0 Å². The Morgan fingerprint density at radius 3 is 2.45 bits per heavy atom. The summed E-state index contributed by atoms with van der Waals surface area (Å²) in [4.78, 5) is 25.1. The fourth-order valence-electron chi connectivity index (χ4n) is 2.87. The van der Waals surface area contributed by atoms with Crippen LogP contribution in [0.3, 0.4) is 0 Å². The van der Waals surface area contributed by atoms with Crippen LogP contribution in [0.15, 0.2) is 54.6 Å². The molecule has 2 aromatic rings. The van der Waals surface area contributed by atoms with Crippen LogP contribution >= 0.6 is 0 Å². The second-order valence-electron chi connectivity index (χ2n) is 5.56. The van der Waals surface area contributed by atoms with E-state index in [9.17, 15) is 9.59 Å². The van der Waals surface area contributed by atoms with E-state index in [0.29, 0.717) is 18.4 Å². The van der Waals surface area contributed by atoms with Gasteiger partial charge in [0.05, 0.1) is 0 Å². The first kappa shape index (κ1) is 14.3. The van der Waals surface area contributed by atoms with Crippen LogP contribution in [0.4, 0.5) is 0 Å². The maximum Gasteiger partial charge on any atom is 0.188 e. The van der Waals surface area contributed by atoms with Crippen molar-refractivity contribution >= 4 is 11.6 Å². The van der Waals surface area contributed by atoms with Crippen LogP contribution < -0.4 is 0 Å². The van der Waals surface area contributed by atoms with Gasteiger partial charge < -0.3 is 0 Å². The number of rotatable bonds is 1. The van der Waals surface area contributed by atoms with Crippen LogP contribution in [0.1, 0.15) is 34.8 Å². The van der Waals surface area contributed by atoms with Crippen molar-refractivity contribution in [2.75, 3.05) is 0 Å². The van der Waals surface area contributed by atoms with Crippen molar-refractivity contribution in [3.63, 3.8) is 0 Å². The Hall–Kier alpha value is -2.66. The molecule has 2 aromatic carbocycles. The highest BCUT2D eigenvalue weighted by molar-refractivity contribution is 6.18. The SMILES string of the molecule is CC(=O)C1(C#Cc2ccccc2)CCc2ccccc2C1=O. The lowest BCUT2D eigenvalue weighted by Crippen LogP contribution is -2.40. The van der Waals surface area contributed by atoms with Gasteiger partial charge in [-0.2, -0.15) is 0 Å². The molecular formula is C20H16O2. The first-order valence-corrected chi connectivity index (χ1v) is 7.35. The topological polar surface area (TPSA) is 34.1 Å². The molecule has 0 heterocycles. The Morgan fingerprint density at radius 1 is 1.05 bits per heavy atom. The molecule has 0 bridgehead atoms. The van der Waals surface area contributed by atoms with E-state index >= 15 is 0 Å². The van der Waals surface area contributed by atoms with Crippen molar-refractivity contribution in [2.45, 2.75) is 19.8 Å². The quantitative estimate of drug-likeness (QED) is 0.595. The van der Waals surface area contributed by atoms with Gasteiger partial charge in [-0.1, -0.05) is 54.3 Å². The fourth-order valence-corrected chi connectivity index (χ4v) is 2.87. The summed E-state index contributed by atoms with van der Waals surface area (Å²) in [6.07, 6.45) is 1.16. The molecule has 0 aliphatic heterocycles. The lowest BCUT2D eigenvalue weighted by Gasteiger charge is -2.30. The van der Waals surface area contributed by atoms with E-state index in [4.69, 9.17) is 0 Å². The summed E-state index contributed by atoms with van der Waals surface area (Å²) in [6.45, 7) is 1.46. The zero-order valence-electron chi connectivity index (χ0n) is 12.4. The zero-order valence-corrected chi connectivity index (χ0v) is 12.4. The number of ketones is 2. The predicted octanol–water partition coefficient (Wildman–Crippen LogP) is 3.44. The monoisotopic (exact) mass is 288 g/mol. The standard InChI is InChI=1S/C20H16O2/c1-15(21)20(13-11-16-7-3-2-4-8-16)14-12-17-9-5-6-10-18(17)19(20)22/h2-10H,12,14H2,1H3. The van der Waals surface area contributed by atoms with E-state index in [1.165, 1.54) is 6.92 Å². The van der Waals surface area contributed by atoms with Gasteiger partial charge >= 0.3 is 0 Å². The number of hydrogen-bond donors (Lipinski definition) is 0. The average molecular weight is 288 g/mol. The normalized spacial score (nSPS) is 19.8. The molecule has 1 aliphatic rings. The van der Waals surface area contributed by atoms with Crippen LogP contribution in [-0.4, -0.2) is 11.6 Å². The molecule has 0 N–H and O–H groups in total. The third-order valence-corrected chi connectivity index (χ3v) is 4.21. The molecule has 2 nitrogen and oxygen atoms in total. The molecule has 0 spiro atoms. The Labute approximate surface area is 130 Å². The first-order chi connectivity index (χ1) is 10.6. The maximum atomic E-state index is 12.9. The van der Waals surface area contributed by atoms with E-state index < -0.39 is 5.41 Å². The molecule has 0 radical (unpaired) electrons. The number of hydrogen-bond acceptors (Lipinski definition) is 2. The molecule has 0 fully saturated rings. The molecule has 108 valence electrons. The summed E-state index contributed by atoms with van der Waals surface area (Å²) in [5, 5.41) is 0. The molecule has 3 rings (SSSR count). The maximum absolute atomic E-state index is 12.9. The Bertz CT molecular complexity index is 793. The van der Waals surface area contributed by atoms with Gasteiger partial charge in [-0.05, 0) is 37.5 Å². The first-order valence-electron chi connectivity index (χ1n) is 7.35. The van der Waals surface area contributed by atoms with Crippen LogP contribution in [0.25, 0.3) is 0 Å². The molecule has 0 aromatic heterocycles. The van der Waals surface area contributed by atoms with Gasteiger partial charge in [0, 0.05) is 11.1 Å². The average Bonchev–Trinajstić information content (AvgIpc) is 2.55. The smallest absolute Gasteiger partial charge is 0.188 e. The van der Waals surface area contributed by atoms with Gasteiger partial charge in [0.15, 0.2) is 17.0 Å². The zero-order chi connectivity index (χ0) is 15.6. The van der Waals surface area contributed by atoms with Crippen molar-refractivity contribution in [1.29, 1.82) is 0 Å². The van der Waals surface area contributed by atoms with Crippen molar-refractivity contribution in [2.24, 2.45) is 5.41 Å².